The van der Waals surface area contributed by atoms with Crippen LogP contribution < -0.4 is 9.47 Å². The Labute approximate surface area is 153 Å². The van der Waals surface area contributed by atoms with E-state index in [-0.39, 0.29) is 18.1 Å². The number of nitro benzene ring substituents is 1. The molecule has 1 unspecified atom stereocenters. The molecule has 0 spiro atoms. The molecule has 2 aromatic carbocycles. The summed E-state index contributed by atoms with van der Waals surface area (Å²) < 4.78 is 10.8. The summed E-state index contributed by atoms with van der Waals surface area (Å²) in [5.41, 5.74) is 1.53. The van der Waals surface area contributed by atoms with Crippen LogP contribution >= 0.6 is 0 Å². The topological polar surface area (TPSA) is 128 Å². The predicted molar refractivity (Wildman–Crippen MR) is 97.1 cm³/mol. The van der Waals surface area contributed by atoms with E-state index >= 15 is 0 Å². The van der Waals surface area contributed by atoms with Crippen molar-refractivity contribution < 1.29 is 24.3 Å². The molecule has 0 bridgehead atoms. The second kappa shape index (κ2) is 7.32. The molecule has 2 N–H and O–H groups in total. The number of nitrogens with zero attached hydrogens (tertiary/aromatic N) is 2. The normalized spacial score (nSPS) is 11.9. The number of aromatic amines is 1. The number of carboxylic acids is 1. The number of hydrogen-bond acceptors (Lipinski definition) is 6. The molecule has 0 saturated heterocycles. The number of imidazole rings is 1. The summed E-state index contributed by atoms with van der Waals surface area (Å²) in [7, 11) is 0. The van der Waals surface area contributed by atoms with Gasteiger partial charge in [0.1, 0.15) is 5.82 Å². The van der Waals surface area contributed by atoms with Crippen LogP contribution in [-0.4, -0.2) is 38.7 Å². The van der Waals surface area contributed by atoms with Gasteiger partial charge in [-0.15, -0.1) is 0 Å². The molecule has 0 saturated carbocycles. The highest BCUT2D eigenvalue weighted by molar-refractivity contribution is 5.81. The van der Waals surface area contributed by atoms with E-state index in [9.17, 15) is 14.9 Å². The Balaban J connectivity index is 2.15. The number of carboxylic acid groups (broad SMARTS) is 1. The standard InChI is InChI=1S/C18H17N3O6/c1-3-26-15-9-11(17-19-12-6-4-5-7-13(12)20-17)8-14(21(24)25)16(15)27-10(2)18(22)23/h4-10H,3H2,1-2H3,(H,19,20)(H,22,23). The van der Waals surface area contributed by atoms with Crippen LogP contribution in [-0.2, 0) is 4.79 Å². The molecule has 0 aliphatic carbocycles. The minimum absolute atomic E-state index is 0.0789. The minimum atomic E-state index is -1.28. The Morgan fingerprint density at radius 2 is 2.11 bits per heavy atom. The third kappa shape index (κ3) is 3.66. The van der Waals surface area contributed by atoms with E-state index in [0.717, 1.165) is 5.52 Å². The SMILES string of the molecule is CCOc1cc(-c2nc3ccccc3[nH]2)cc([N+](=O)[O-])c1OC(C)C(=O)O. The zero-order valence-corrected chi connectivity index (χ0v) is 14.6. The fraction of sp³-hybridized carbons (Fsp3) is 0.222. The number of hydrogen-bond donors (Lipinski definition) is 2. The minimum Gasteiger partial charge on any atom is -0.490 e. The third-order valence-electron chi connectivity index (χ3n) is 3.84. The molecule has 0 aliphatic rings. The lowest BCUT2D eigenvalue weighted by molar-refractivity contribution is -0.386. The molecule has 9 nitrogen and oxygen atoms in total. The Morgan fingerprint density at radius 3 is 2.74 bits per heavy atom. The smallest absolute Gasteiger partial charge is 0.344 e. The summed E-state index contributed by atoms with van der Waals surface area (Å²) in [4.78, 5) is 29.6. The number of nitrogens with one attached hydrogen (secondary N) is 1. The number of aliphatic carboxylic acids is 1. The lowest BCUT2D eigenvalue weighted by Crippen LogP contribution is -2.23. The van der Waals surface area contributed by atoms with E-state index in [2.05, 4.69) is 9.97 Å². The summed E-state index contributed by atoms with van der Waals surface area (Å²) in [5.74, 6) is -0.960. The highest BCUT2D eigenvalue weighted by Gasteiger charge is 2.27. The molecule has 0 fully saturated rings. The Kier molecular flexibility index (Phi) is 4.93. The third-order valence-corrected chi connectivity index (χ3v) is 3.84. The van der Waals surface area contributed by atoms with Crippen LogP contribution in [0.1, 0.15) is 13.8 Å². The Morgan fingerprint density at radius 1 is 1.37 bits per heavy atom. The first-order chi connectivity index (χ1) is 12.9. The average Bonchev–Trinajstić information content (AvgIpc) is 3.06. The number of ether oxygens (including phenoxy) is 2. The monoisotopic (exact) mass is 371 g/mol. The van der Waals surface area contributed by atoms with Crippen LogP contribution in [0.4, 0.5) is 5.69 Å². The van der Waals surface area contributed by atoms with Crippen molar-refractivity contribution in [1.29, 1.82) is 0 Å². The van der Waals surface area contributed by atoms with Crippen molar-refractivity contribution in [3.63, 3.8) is 0 Å². The average molecular weight is 371 g/mol. The quantitative estimate of drug-likeness (QED) is 0.481. The molecule has 9 heteroatoms. The number of fused-ring (bicyclic) bond motifs is 1. The van der Waals surface area contributed by atoms with Crippen molar-refractivity contribution in [3.05, 3.63) is 46.5 Å². The highest BCUT2D eigenvalue weighted by Crippen LogP contribution is 2.41. The maximum atomic E-state index is 11.6. The molecule has 0 amide bonds. The van der Waals surface area contributed by atoms with Crippen molar-refractivity contribution in [2.75, 3.05) is 6.61 Å². The van der Waals surface area contributed by atoms with Crippen LogP contribution in [0.5, 0.6) is 11.5 Å². The molecule has 1 heterocycles. The molecule has 0 radical (unpaired) electrons. The number of para-hydroxylation sites is 2. The van der Waals surface area contributed by atoms with E-state index in [1.807, 2.05) is 24.3 Å². The second-order valence-electron chi connectivity index (χ2n) is 5.71. The maximum absolute atomic E-state index is 11.6. The fourth-order valence-corrected chi connectivity index (χ4v) is 2.56. The lowest BCUT2D eigenvalue weighted by Gasteiger charge is -2.15. The predicted octanol–water partition coefficient (Wildman–Crippen LogP) is 3.39. The van der Waals surface area contributed by atoms with Crippen molar-refractivity contribution in [1.82, 2.24) is 9.97 Å². The van der Waals surface area contributed by atoms with Gasteiger partial charge < -0.3 is 19.6 Å². The first kappa shape index (κ1) is 18.2. The maximum Gasteiger partial charge on any atom is 0.344 e. The molecule has 27 heavy (non-hydrogen) atoms. The lowest BCUT2D eigenvalue weighted by atomic mass is 10.1. The first-order valence-electron chi connectivity index (χ1n) is 8.20. The number of H-pyrrole nitrogens is 1. The molecular formula is C18H17N3O6. The summed E-state index contributed by atoms with van der Waals surface area (Å²) in [5, 5.41) is 20.6. The molecule has 140 valence electrons. The van der Waals surface area contributed by atoms with Crippen molar-refractivity contribution in [3.8, 4) is 22.9 Å². The second-order valence-corrected chi connectivity index (χ2v) is 5.71. The van der Waals surface area contributed by atoms with E-state index in [0.29, 0.717) is 16.9 Å². The summed E-state index contributed by atoms with van der Waals surface area (Å²) in [6, 6.07) is 10.2. The first-order valence-corrected chi connectivity index (χ1v) is 8.20. The van der Waals surface area contributed by atoms with Crippen molar-refractivity contribution in [2.24, 2.45) is 0 Å². The molecule has 3 rings (SSSR count). The van der Waals surface area contributed by atoms with E-state index in [4.69, 9.17) is 14.6 Å². The van der Waals surface area contributed by atoms with Gasteiger partial charge in [0.25, 0.3) is 0 Å². The van der Waals surface area contributed by atoms with Gasteiger partial charge in [-0.05, 0) is 32.0 Å². The van der Waals surface area contributed by atoms with E-state index in [1.54, 1.807) is 6.92 Å². The van der Waals surface area contributed by atoms with Gasteiger partial charge in [-0.3, -0.25) is 10.1 Å². The number of carbonyl (C=O) groups is 1. The molecule has 3 aromatic rings. The van der Waals surface area contributed by atoms with Gasteiger partial charge in [-0.25, -0.2) is 9.78 Å². The zero-order valence-electron chi connectivity index (χ0n) is 14.6. The zero-order chi connectivity index (χ0) is 19.6. The number of rotatable bonds is 7. The van der Waals surface area contributed by atoms with Crippen molar-refractivity contribution in [2.45, 2.75) is 20.0 Å². The number of aromatic nitrogens is 2. The van der Waals surface area contributed by atoms with Crippen LogP contribution in [0.25, 0.3) is 22.4 Å². The van der Waals surface area contributed by atoms with Crippen LogP contribution in [0, 0.1) is 10.1 Å². The van der Waals surface area contributed by atoms with Gasteiger partial charge in [0, 0.05) is 11.6 Å². The largest absolute Gasteiger partial charge is 0.490 e. The summed E-state index contributed by atoms with van der Waals surface area (Å²) in [6.45, 7) is 3.22. The summed E-state index contributed by atoms with van der Waals surface area (Å²) in [6.07, 6.45) is -1.28. The van der Waals surface area contributed by atoms with E-state index < -0.39 is 22.7 Å². The van der Waals surface area contributed by atoms with Crippen LogP contribution in [0.2, 0.25) is 0 Å². The van der Waals surface area contributed by atoms with Crippen LogP contribution in [0.3, 0.4) is 0 Å². The fourth-order valence-electron chi connectivity index (χ4n) is 2.56. The summed E-state index contributed by atoms with van der Waals surface area (Å²) >= 11 is 0. The Hall–Kier alpha value is -3.62. The van der Waals surface area contributed by atoms with Gasteiger partial charge >= 0.3 is 11.7 Å². The number of nitro groups is 1. The number of benzene rings is 2. The van der Waals surface area contributed by atoms with Gasteiger partial charge in [-0.2, -0.15) is 0 Å². The molecule has 1 atom stereocenters. The highest BCUT2D eigenvalue weighted by atomic mass is 16.6. The van der Waals surface area contributed by atoms with Gasteiger partial charge in [-0.1, -0.05) is 12.1 Å². The van der Waals surface area contributed by atoms with Gasteiger partial charge in [0.05, 0.1) is 22.6 Å². The van der Waals surface area contributed by atoms with Crippen molar-refractivity contribution >= 4 is 22.7 Å². The molecular weight excluding hydrogens is 354 g/mol. The van der Waals surface area contributed by atoms with Gasteiger partial charge in [0.2, 0.25) is 5.75 Å². The van der Waals surface area contributed by atoms with Gasteiger partial charge in [0.15, 0.2) is 11.9 Å². The Bertz CT molecular complexity index is 980. The molecule has 0 aliphatic heterocycles. The molecule has 1 aromatic heterocycles. The van der Waals surface area contributed by atoms with Crippen LogP contribution in [0.15, 0.2) is 36.4 Å². The van der Waals surface area contributed by atoms with E-state index in [1.165, 1.54) is 19.1 Å².